The van der Waals surface area contributed by atoms with E-state index in [9.17, 15) is 28.5 Å². The van der Waals surface area contributed by atoms with Crippen molar-refractivity contribution < 1.29 is 37.8 Å². The molecule has 1 aliphatic heterocycles. The Kier molecular flexibility index (Phi) is 17.3. The topological polar surface area (TPSA) is 172 Å². The van der Waals surface area contributed by atoms with Gasteiger partial charge < -0.3 is 30.5 Å². The van der Waals surface area contributed by atoms with Crippen LogP contribution in [-0.2, 0) is 39.6 Å². The predicted octanol–water partition coefficient (Wildman–Crippen LogP) is 4.26. The molecule has 1 aromatic rings. The molecule has 5 amide bonds. The lowest BCUT2D eigenvalue weighted by atomic mass is 9.96. The number of benzene rings is 1. The lowest BCUT2D eigenvalue weighted by Gasteiger charge is -2.28. The average Bonchev–Trinajstić information content (AvgIpc) is 3.55. The first-order valence-corrected chi connectivity index (χ1v) is 19.3. The molecule has 2 unspecified atom stereocenters. The van der Waals surface area contributed by atoms with Crippen LogP contribution < -0.4 is 21.3 Å². The monoisotopic (exact) mass is 707 g/mol. The molecule has 0 saturated carbocycles. The molecule has 1 saturated heterocycles. The lowest BCUT2D eigenvalue weighted by Crippen LogP contribution is -2.53. The van der Waals surface area contributed by atoms with Crippen LogP contribution in [0.25, 0.3) is 0 Å². The van der Waals surface area contributed by atoms with Crippen molar-refractivity contribution in [1.29, 1.82) is 0 Å². The van der Waals surface area contributed by atoms with Crippen LogP contribution in [0.5, 0.6) is 0 Å². The summed E-state index contributed by atoms with van der Waals surface area (Å²) in [6.45, 7) is 12.1. The maximum atomic E-state index is 14.0. The fourth-order valence-corrected chi connectivity index (χ4v) is 7.68. The van der Waals surface area contributed by atoms with E-state index in [2.05, 4.69) is 21.3 Å². The zero-order valence-corrected chi connectivity index (χ0v) is 31.3. The van der Waals surface area contributed by atoms with Crippen molar-refractivity contribution in [3.8, 4) is 0 Å². The van der Waals surface area contributed by atoms with Crippen LogP contribution in [0.4, 0.5) is 4.79 Å². The number of likely N-dealkylation sites (N-methyl/N-ethyl adjacent to an activating group) is 1. The molecule has 0 bridgehead atoms. The number of amides is 5. The first-order valence-electron chi connectivity index (χ1n) is 17.3. The summed E-state index contributed by atoms with van der Waals surface area (Å²) in [5.41, 5.74) is 0.827. The molecule has 0 aromatic heterocycles. The number of carbonyl (C=O) groups is 5. The smallest absolute Gasteiger partial charge is 0.410 e. The third-order valence-corrected chi connectivity index (χ3v) is 10.7. The van der Waals surface area contributed by atoms with Crippen LogP contribution in [0.2, 0.25) is 0 Å². The number of hydrogen-bond donors (Lipinski definition) is 4. The van der Waals surface area contributed by atoms with E-state index in [4.69, 9.17) is 9.26 Å². The Balaban J connectivity index is 2.10. The maximum absolute atomic E-state index is 14.0. The van der Waals surface area contributed by atoms with Gasteiger partial charge in [0.25, 0.3) is 0 Å². The van der Waals surface area contributed by atoms with Crippen LogP contribution in [0.3, 0.4) is 0 Å². The second-order valence-corrected chi connectivity index (χ2v) is 16.8. The van der Waals surface area contributed by atoms with Crippen molar-refractivity contribution in [3.05, 3.63) is 35.9 Å². The number of rotatable bonds is 19. The molecule has 1 heterocycles. The number of hydrogen-bond acceptors (Lipinski definition) is 8. The highest BCUT2D eigenvalue weighted by Gasteiger charge is 2.38. The molecular formula is C35H58N5O8P. The number of likely N-dealkylation sites (tertiary alicyclic amines) is 1. The Morgan fingerprint density at radius 1 is 0.857 bits per heavy atom. The molecule has 49 heavy (non-hydrogen) atoms. The van der Waals surface area contributed by atoms with Crippen LogP contribution in [-0.4, -0.2) is 85.9 Å². The second kappa shape index (κ2) is 20.3. The molecule has 1 aliphatic rings. The third-order valence-electron chi connectivity index (χ3n) is 8.37. The molecule has 276 valence electrons. The molecule has 5 atom stereocenters. The van der Waals surface area contributed by atoms with Crippen molar-refractivity contribution in [2.75, 3.05) is 33.1 Å². The zero-order valence-electron chi connectivity index (χ0n) is 30.5. The summed E-state index contributed by atoms with van der Waals surface area (Å²) < 4.78 is 24.9. The second-order valence-electron chi connectivity index (χ2n) is 14.1. The van der Waals surface area contributed by atoms with Gasteiger partial charge in [0.15, 0.2) is 0 Å². The highest BCUT2D eigenvalue weighted by molar-refractivity contribution is 7.59. The fraction of sp³-hybridized carbons (Fsp3) is 0.686. The molecule has 14 heteroatoms. The van der Waals surface area contributed by atoms with Gasteiger partial charge in [-0.2, -0.15) is 0 Å². The Hall–Kier alpha value is -3.44. The van der Waals surface area contributed by atoms with Crippen LogP contribution in [0.1, 0.15) is 79.2 Å². The van der Waals surface area contributed by atoms with Gasteiger partial charge in [0.1, 0.15) is 24.7 Å². The molecule has 0 spiro atoms. The Labute approximate surface area is 291 Å². The number of nitrogens with zero attached hydrogens (tertiary/aromatic N) is 1. The Morgan fingerprint density at radius 2 is 1.45 bits per heavy atom. The van der Waals surface area contributed by atoms with E-state index >= 15 is 0 Å². The summed E-state index contributed by atoms with van der Waals surface area (Å²) in [7, 11) is -0.793. The molecule has 0 radical (unpaired) electrons. The minimum Gasteiger partial charge on any atom is -0.445 e. The maximum Gasteiger partial charge on any atom is 0.410 e. The summed E-state index contributed by atoms with van der Waals surface area (Å²) in [4.78, 5) is 67.1. The van der Waals surface area contributed by atoms with Crippen molar-refractivity contribution in [2.24, 2.45) is 23.7 Å². The van der Waals surface area contributed by atoms with Crippen molar-refractivity contribution in [3.63, 3.8) is 0 Å². The lowest BCUT2D eigenvalue weighted by molar-refractivity contribution is -0.131. The van der Waals surface area contributed by atoms with Crippen LogP contribution in [0.15, 0.2) is 30.3 Å². The minimum atomic E-state index is -3.58. The van der Waals surface area contributed by atoms with Crippen molar-refractivity contribution >= 4 is 37.1 Å². The Morgan fingerprint density at radius 3 is 2.00 bits per heavy atom. The number of nitrogens with one attached hydrogen (secondary N) is 4. The van der Waals surface area contributed by atoms with Gasteiger partial charge in [-0.25, -0.2) is 4.79 Å². The van der Waals surface area contributed by atoms with E-state index in [1.807, 2.05) is 71.9 Å². The minimum absolute atomic E-state index is 0.0269. The van der Waals surface area contributed by atoms with Gasteiger partial charge in [-0.15, -0.1) is 0 Å². The molecule has 13 nitrogen and oxygen atoms in total. The van der Waals surface area contributed by atoms with Crippen LogP contribution >= 0.6 is 7.37 Å². The van der Waals surface area contributed by atoms with Gasteiger partial charge in [-0.3, -0.25) is 28.6 Å². The van der Waals surface area contributed by atoms with Gasteiger partial charge in [0.2, 0.25) is 31.0 Å². The van der Waals surface area contributed by atoms with E-state index in [0.29, 0.717) is 38.6 Å². The molecule has 4 N–H and O–H groups in total. The highest BCUT2D eigenvalue weighted by Crippen LogP contribution is 2.47. The molecule has 0 aliphatic carbocycles. The normalized spacial score (nSPS) is 17.6. The first kappa shape index (κ1) is 41.7. The largest absolute Gasteiger partial charge is 0.445 e. The predicted molar refractivity (Wildman–Crippen MR) is 189 cm³/mol. The standard InChI is InChI=1S/C35H58N5O8P/c1-23(2)17-27(31(41)38-28(18-24(3)4)32(42)36-7)21-49(46,47-8)22-37-33(43)29(19-25(5)6)39-34(44)30-15-12-16-40(30)35(45)48-20-26-13-10-9-11-14-26/h9-11,13-14,23-25,27-30H,12,15-22H2,1-8H3,(H,36,42)(H,37,43)(H,38,41)(H,39,44)/t27-,28+,29?,30+,49?/m1/s1. The number of ether oxygens (including phenoxy) is 1. The molecular weight excluding hydrogens is 649 g/mol. The summed E-state index contributed by atoms with van der Waals surface area (Å²) in [6, 6.07) is 6.76. The van der Waals surface area contributed by atoms with Gasteiger partial charge in [-0.05, 0) is 55.4 Å². The Bertz CT molecular complexity index is 1290. The van der Waals surface area contributed by atoms with Crippen LogP contribution in [0, 0.1) is 23.7 Å². The average molecular weight is 708 g/mol. The fourth-order valence-electron chi connectivity index (χ4n) is 5.89. The van der Waals surface area contributed by atoms with Gasteiger partial charge in [0, 0.05) is 32.8 Å². The first-order chi connectivity index (χ1) is 23.1. The zero-order chi connectivity index (χ0) is 36.7. The van der Waals surface area contributed by atoms with E-state index in [1.165, 1.54) is 19.1 Å². The SMILES string of the molecule is CNC(=O)[C@H](CC(C)C)NC(=O)[C@H](CC(C)C)CP(=O)(CNC(=O)C(CC(C)C)NC(=O)[C@@H]1CCCN1C(=O)OCc1ccccc1)OC. The molecule has 1 aromatic carbocycles. The van der Waals surface area contributed by atoms with E-state index in [-0.39, 0.29) is 42.7 Å². The van der Waals surface area contributed by atoms with Gasteiger partial charge in [-0.1, -0.05) is 71.9 Å². The van der Waals surface area contributed by atoms with Gasteiger partial charge >= 0.3 is 6.09 Å². The highest BCUT2D eigenvalue weighted by atomic mass is 31.2. The van der Waals surface area contributed by atoms with E-state index in [1.54, 1.807) is 0 Å². The van der Waals surface area contributed by atoms with E-state index < -0.39 is 55.2 Å². The van der Waals surface area contributed by atoms with E-state index in [0.717, 1.165) is 5.56 Å². The quantitative estimate of drug-likeness (QED) is 0.155. The van der Waals surface area contributed by atoms with Gasteiger partial charge in [0.05, 0.1) is 6.29 Å². The summed E-state index contributed by atoms with van der Waals surface area (Å²) in [5.74, 6) is -2.20. The summed E-state index contributed by atoms with van der Waals surface area (Å²) in [5, 5.41) is 10.9. The summed E-state index contributed by atoms with van der Waals surface area (Å²) in [6.07, 6.45) is 1.09. The summed E-state index contributed by atoms with van der Waals surface area (Å²) >= 11 is 0. The van der Waals surface area contributed by atoms with Crippen molar-refractivity contribution in [2.45, 2.75) is 98.4 Å². The molecule has 2 rings (SSSR count). The number of carbonyl (C=O) groups excluding carboxylic acids is 5. The van der Waals surface area contributed by atoms with Crippen molar-refractivity contribution in [1.82, 2.24) is 26.2 Å². The third kappa shape index (κ3) is 14.1. The molecule has 1 fully saturated rings.